The molecule has 0 fully saturated rings. The highest BCUT2D eigenvalue weighted by molar-refractivity contribution is 9.10. The molecule has 0 aliphatic rings. The molecule has 0 saturated heterocycles. The SMILES string of the molecule is CCSc1c(Cl)cccc1Br. The topological polar surface area (TPSA) is 0 Å². The van der Waals surface area contributed by atoms with Gasteiger partial charge in [-0.1, -0.05) is 24.6 Å². The first kappa shape index (κ1) is 9.43. The van der Waals surface area contributed by atoms with Crippen molar-refractivity contribution in [1.29, 1.82) is 0 Å². The van der Waals surface area contributed by atoms with E-state index >= 15 is 0 Å². The van der Waals surface area contributed by atoms with Crippen LogP contribution in [0.15, 0.2) is 27.6 Å². The van der Waals surface area contributed by atoms with Crippen molar-refractivity contribution in [3.8, 4) is 0 Å². The number of halogens is 2. The molecule has 1 aromatic carbocycles. The molecular weight excluding hydrogens is 244 g/mol. The number of hydrogen-bond donors (Lipinski definition) is 0. The minimum absolute atomic E-state index is 0.825. The van der Waals surface area contributed by atoms with Crippen LogP contribution in [0, 0.1) is 0 Å². The molecular formula is C8H8BrClS. The Morgan fingerprint density at radius 3 is 2.82 bits per heavy atom. The lowest BCUT2D eigenvalue weighted by atomic mass is 10.4. The first-order valence-corrected chi connectivity index (χ1v) is 5.48. The van der Waals surface area contributed by atoms with Gasteiger partial charge in [-0.15, -0.1) is 11.8 Å². The average Bonchev–Trinajstić information content (AvgIpc) is 1.97. The van der Waals surface area contributed by atoms with Gasteiger partial charge in [-0.2, -0.15) is 0 Å². The summed E-state index contributed by atoms with van der Waals surface area (Å²) >= 11 is 11.1. The highest BCUT2D eigenvalue weighted by atomic mass is 79.9. The first-order valence-electron chi connectivity index (χ1n) is 3.32. The Morgan fingerprint density at radius 2 is 2.27 bits per heavy atom. The third kappa shape index (κ3) is 2.39. The van der Waals surface area contributed by atoms with Gasteiger partial charge in [0.1, 0.15) is 0 Å². The van der Waals surface area contributed by atoms with Crippen LogP contribution < -0.4 is 0 Å². The normalized spacial score (nSPS) is 10.1. The molecule has 0 atom stereocenters. The van der Waals surface area contributed by atoms with Gasteiger partial charge in [0.05, 0.1) is 5.02 Å². The van der Waals surface area contributed by atoms with Gasteiger partial charge in [-0.05, 0) is 33.8 Å². The van der Waals surface area contributed by atoms with E-state index in [1.165, 1.54) is 0 Å². The maximum Gasteiger partial charge on any atom is 0.0553 e. The summed E-state index contributed by atoms with van der Waals surface area (Å²) in [6.07, 6.45) is 0. The second-order valence-corrected chi connectivity index (χ2v) is 4.52. The molecule has 0 heterocycles. The van der Waals surface area contributed by atoms with Crippen molar-refractivity contribution >= 4 is 39.3 Å². The molecule has 0 aliphatic carbocycles. The minimum Gasteiger partial charge on any atom is -0.124 e. The standard InChI is InChI=1S/C8H8BrClS/c1-2-11-8-6(9)4-3-5-7(8)10/h3-5H,2H2,1H3. The van der Waals surface area contributed by atoms with Crippen LogP contribution in [-0.4, -0.2) is 5.75 Å². The summed E-state index contributed by atoms with van der Waals surface area (Å²) in [5, 5.41) is 0.825. The Bertz CT molecular complexity index is 230. The van der Waals surface area contributed by atoms with Crippen LogP contribution in [0.3, 0.4) is 0 Å². The van der Waals surface area contributed by atoms with Gasteiger partial charge < -0.3 is 0 Å². The number of hydrogen-bond acceptors (Lipinski definition) is 1. The van der Waals surface area contributed by atoms with Crippen LogP contribution in [0.5, 0.6) is 0 Å². The van der Waals surface area contributed by atoms with Crippen LogP contribution in [0.4, 0.5) is 0 Å². The van der Waals surface area contributed by atoms with Crippen molar-refractivity contribution in [3.05, 3.63) is 27.7 Å². The average molecular weight is 252 g/mol. The Balaban J connectivity index is 3.00. The minimum atomic E-state index is 0.825. The Labute approximate surface area is 84.5 Å². The molecule has 0 nitrogen and oxygen atoms in total. The summed E-state index contributed by atoms with van der Waals surface area (Å²) in [7, 11) is 0. The van der Waals surface area contributed by atoms with Crippen LogP contribution in [0.25, 0.3) is 0 Å². The van der Waals surface area contributed by atoms with Crippen molar-refractivity contribution in [2.75, 3.05) is 5.75 Å². The van der Waals surface area contributed by atoms with Crippen LogP contribution in [0.2, 0.25) is 5.02 Å². The Morgan fingerprint density at radius 1 is 1.55 bits per heavy atom. The van der Waals surface area contributed by atoms with E-state index in [1.54, 1.807) is 11.8 Å². The van der Waals surface area contributed by atoms with Crippen LogP contribution >= 0.6 is 39.3 Å². The molecule has 0 unspecified atom stereocenters. The summed E-state index contributed by atoms with van der Waals surface area (Å²) < 4.78 is 1.08. The van der Waals surface area contributed by atoms with Crippen LogP contribution in [-0.2, 0) is 0 Å². The lowest BCUT2D eigenvalue weighted by molar-refractivity contribution is 1.39. The Hall–Kier alpha value is 0.340. The second kappa shape index (κ2) is 4.39. The van der Waals surface area contributed by atoms with Gasteiger partial charge in [0.2, 0.25) is 0 Å². The zero-order valence-electron chi connectivity index (χ0n) is 6.10. The summed E-state index contributed by atoms with van der Waals surface area (Å²) in [4.78, 5) is 1.14. The summed E-state index contributed by atoms with van der Waals surface area (Å²) in [5.74, 6) is 1.04. The third-order valence-electron chi connectivity index (χ3n) is 1.21. The van der Waals surface area contributed by atoms with Gasteiger partial charge in [-0.25, -0.2) is 0 Å². The summed E-state index contributed by atoms with van der Waals surface area (Å²) in [5.41, 5.74) is 0. The highest BCUT2D eigenvalue weighted by Gasteiger charge is 2.02. The molecule has 0 aliphatic heterocycles. The van der Waals surface area contributed by atoms with Gasteiger partial charge in [-0.3, -0.25) is 0 Å². The van der Waals surface area contributed by atoms with Gasteiger partial charge in [0.15, 0.2) is 0 Å². The molecule has 0 aromatic heterocycles. The van der Waals surface area contributed by atoms with E-state index in [2.05, 4.69) is 22.9 Å². The molecule has 0 radical (unpaired) electrons. The number of rotatable bonds is 2. The number of thioether (sulfide) groups is 1. The van der Waals surface area contributed by atoms with E-state index in [0.29, 0.717) is 0 Å². The molecule has 0 amide bonds. The second-order valence-electron chi connectivity index (χ2n) is 1.98. The molecule has 60 valence electrons. The molecule has 3 heteroatoms. The van der Waals surface area contributed by atoms with E-state index in [1.807, 2.05) is 18.2 Å². The summed E-state index contributed by atoms with van der Waals surface area (Å²) in [6.45, 7) is 2.11. The Kier molecular flexibility index (Phi) is 3.76. The monoisotopic (exact) mass is 250 g/mol. The van der Waals surface area contributed by atoms with Crippen molar-refractivity contribution in [1.82, 2.24) is 0 Å². The van der Waals surface area contributed by atoms with Crippen molar-refractivity contribution < 1.29 is 0 Å². The zero-order chi connectivity index (χ0) is 8.27. The van der Waals surface area contributed by atoms with Gasteiger partial charge in [0, 0.05) is 9.37 Å². The molecule has 11 heavy (non-hydrogen) atoms. The van der Waals surface area contributed by atoms with E-state index in [4.69, 9.17) is 11.6 Å². The summed E-state index contributed by atoms with van der Waals surface area (Å²) in [6, 6.07) is 5.85. The van der Waals surface area contributed by atoms with Crippen molar-refractivity contribution in [3.63, 3.8) is 0 Å². The van der Waals surface area contributed by atoms with Crippen molar-refractivity contribution in [2.24, 2.45) is 0 Å². The largest absolute Gasteiger partial charge is 0.124 e. The van der Waals surface area contributed by atoms with Crippen molar-refractivity contribution in [2.45, 2.75) is 11.8 Å². The molecule has 0 bridgehead atoms. The lowest BCUT2D eigenvalue weighted by Gasteiger charge is -2.03. The van der Waals surface area contributed by atoms with E-state index < -0.39 is 0 Å². The number of benzene rings is 1. The molecule has 1 aromatic rings. The molecule has 0 N–H and O–H groups in total. The van der Waals surface area contributed by atoms with Gasteiger partial charge >= 0.3 is 0 Å². The predicted molar refractivity (Wildman–Crippen MR) is 55.6 cm³/mol. The fourth-order valence-corrected chi connectivity index (χ4v) is 2.63. The van der Waals surface area contributed by atoms with Crippen LogP contribution in [0.1, 0.15) is 6.92 Å². The maximum atomic E-state index is 5.96. The third-order valence-corrected chi connectivity index (χ3v) is 3.58. The quantitative estimate of drug-likeness (QED) is 0.710. The smallest absolute Gasteiger partial charge is 0.0553 e. The molecule has 0 spiro atoms. The van der Waals surface area contributed by atoms with E-state index in [9.17, 15) is 0 Å². The lowest BCUT2D eigenvalue weighted by Crippen LogP contribution is -1.77. The first-order chi connectivity index (χ1) is 5.25. The molecule has 1 rings (SSSR count). The van der Waals surface area contributed by atoms with E-state index in [-0.39, 0.29) is 0 Å². The fourth-order valence-electron chi connectivity index (χ4n) is 0.765. The van der Waals surface area contributed by atoms with Gasteiger partial charge in [0.25, 0.3) is 0 Å². The molecule has 0 saturated carbocycles. The fraction of sp³-hybridized carbons (Fsp3) is 0.250. The maximum absolute atomic E-state index is 5.96. The predicted octanol–water partition coefficient (Wildman–Crippen LogP) is 4.21. The highest BCUT2D eigenvalue weighted by Crippen LogP contribution is 2.33. The zero-order valence-corrected chi connectivity index (χ0v) is 9.26. The van der Waals surface area contributed by atoms with E-state index in [0.717, 1.165) is 20.1 Å².